The normalized spacial score (nSPS) is 18.1. The van der Waals surface area contributed by atoms with Crippen LogP contribution in [0.2, 0.25) is 0 Å². The molecule has 0 bridgehead atoms. The average molecular weight is 472 g/mol. The number of sulfone groups is 1. The Labute approximate surface area is 180 Å². The Morgan fingerprint density at radius 1 is 1.06 bits per heavy atom. The first kappa shape index (κ1) is 22.1. The quantitative estimate of drug-likeness (QED) is 0.504. The Morgan fingerprint density at radius 3 is 2.47 bits per heavy atom. The number of halogens is 4. The number of fused-ring (bicyclic) bond motifs is 1. The molecule has 0 radical (unpaired) electrons. The Bertz CT molecular complexity index is 1190. The van der Waals surface area contributed by atoms with Crippen molar-refractivity contribution in [2.24, 2.45) is 0 Å². The fraction of sp³-hybridized carbons (Fsp3) is 0.250. The van der Waals surface area contributed by atoms with E-state index in [2.05, 4.69) is 4.74 Å². The van der Waals surface area contributed by atoms with E-state index in [0.717, 1.165) is 41.4 Å². The lowest BCUT2D eigenvalue weighted by atomic mass is 10.2. The summed E-state index contributed by atoms with van der Waals surface area (Å²) in [6.07, 6.45) is -3.96. The number of anilines is 2. The van der Waals surface area contributed by atoms with Crippen LogP contribution in [0.4, 0.5) is 28.9 Å². The fourth-order valence-electron chi connectivity index (χ4n) is 3.42. The van der Waals surface area contributed by atoms with E-state index in [1.165, 1.54) is 17.0 Å². The monoisotopic (exact) mass is 472 g/mol. The van der Waals surface area contributed by atoms with Crippen molar-refractivity contribution in [2.45, 2.75) is 11.3 Å². The summed E-state index contributed by atoms with van der Waals surface area (Å²) in [7, 11) is -4.32. The van der Waals surface area contributed by atoms with Crippen LogP contribution in [-0.2, 0) is 19.4 Å². The summed E-state index contributed by atoms with van der Waals surface area (Å²) in [6, 6.07) is 7.58. The number of nitrogens with zero attached hydrogens (tertiary/aromatic N) is 2. The number of rotatable bonds is 3. The van der Waals surface area contributed by atoms with Crippen molar-refractivity contribution in [3.8, 4) is 5.75 Å². The second-order valence-electron chi connectivity index (χ2n) is 6.93. The summed E-state index contributed by atoms with van der Waals surface area (Å²) in [5, 5.41) is 0. The zero-order valence-corrected chi connectivity index (χ0v) is 17.1. The lowest BCUT2D eigenvalue weighted by molar-refractivity contribution is -0.274. The number of morpholine rings is 1. The molecule has 0 aromatic heterocycles. The molecule has 2 aromatic carbocycles. The van der Waals surface area contributed by atoms with Gasteiger partial charge in [-0.3, -0.25) is 4.79 Å². The van der Waals surface area contributed by atoms with Crippen LogP contribution in [-0.4, -0.2) is 51.9 Å². The number of amides is 1. The highest BCUT2D eigenvalue weighted by molar-refractivity contribution is 7.96. The van der Waals surface area contributed by atoms with Gasteiger partial charge in [0.1, 0.15) is 11.6 Å². The highest BCUT2D eigenvalue weighted by atomic mass is 32.2. The van der Waals surface area contributed by atoms with Gasteiger partial charge in [0.2, 0.25) is 9.84 Å². The molecule has 1 saturated heterocycles. The molecule has 12 heteroatoms. The predicted molar refractivity (Wildman–Crippen MR) is 104 cm³/mol. The molecule has 7 nitrogen and oxygen atoms in total. The van der Waals surface area contributed by atoms with Crippen molar-refractivity contribution < 1.29 is 40.2 Å². The number of carbonyl (C=O) groups excluding carboxylic acids is 1. The van der Waals surface area contributed by atoms with Crippen LogP contribution in [0, 0.1) is 5.82 Å². The smallest absolute Gasteiger partial charge is 0.406 e. The first-order chi connectivity index (χ1) is 15.1. The minimum absolute atomic E-state index is 0.0424. The summed E-state index contributed by atoms with van der Waals surface area (Å²) >= 11 is 0. The number of ether oxygens (including phenoxy) is 2. The maximum absolute atomic E-state index is 14.0. The van der Waals surface area contributed by atoms with E-state index in [9.17, 15) is 30.8 Å². The van der Waals surface area contributed by atoms with Gasteiger partial charge in [-0.2, -0.15) is 0 Å². The van der Waals surface area contributed by atoms with Gasteiger partial charge in [0.05, 0.1) is 23.8 Å². The second kappa shape index (κ2) is 8.10. The third-order valence-corrected chi connectivity index (χ3v) is 6.63. The Hall–Kier alpha value is -3.12. The lowest BCUT2D eigenvalue weighted by Gasteiger charge is -2.32. The maximum Gasteiger partial charge on any atom is 0.573 e. The molecule has 2 aliphatic heterocycles. The van der Waals surface area contributed by atoms with E-state index in [1.807, 2.05) is 0 Å². The van der Waals surface area contributed by atoms with Gasteiger partial charge in [0.15, 0.2) is 4.91 Å². The molecule has 0 aliphatic carbocycles. The summed E-state index contributed by atoms with van der Waals surface area (Å²) in [5.74, 6) is -2.10. The topological polar surface area (TPSA) is 76.2 Å². The van der Waals surface area contributed by atoms with Crippen molar-refractivity contribution in [1.29, 1.82) is 0 Å². The highest BCUT2D eigenvalue weighted by Crippen LogP contribution is 2.41. The molecular formula is C20H16F4N2O5S. The van der Waals surface area contributed by atoms with Crippen molar-refractivity contribution in [3.63, 3.8) is 0 Å². The SMILES string of the molecule is O=C(C1=CN(c2cccc(OC(F)(F)F)c2)c2cc(F)ccc2S1(=O)=O)N1CCOCC1. The highest BCUT2D eigenvalue weighted by Gasteiger charge is 2.38. The van der Waals surface area contributed by atoms with E-state index < -0.39 is 38.6 Å². The molecule has 2 aromatic rings. The largest absolute Gasteiger partial charge is 0.573 e. The van der Waals surface area contributed by atoms with Crippen LogP contribution >= 0.6 is 0 Å². The van der Waals surface area contributed by atoms with Crippen molar-refractivity contribution >= 4 is 27.1 Å². The zero-order chi connectivity index (χ0) is 23.1. The third-order valence-electron chi connectivity index (χ3n) is 4.84. The molecule has 2 heterocycles. The minimum Gasteiger partial charge on any atom is -0.406 e. The van der Waals surface area contributed by atoms with E-state index >= 15 is 0 Å². The Balaban J connectivity index is 1.84. The number of carbonyl (C=O) groups is 1. The number of alkyl halides is 3. The van der Waals surface area contributed by atoms with Gasteiger partial charge in [-0.05, 0) is 30.3 Å². The lowest BCUT2D eigenvalue weighted by Crippen LogP contribution is -2.43. The van der Waals surface area contributed by atoms with Crippen LogP contribution in [0.25, 0.3) is 0 Å². The van der Waals surface area contributed by atoms with Gasteiger partial charge in [0, 0.05) is 31.0 Å². The van der Waals surface area contributed by atoms with Crippen LogP contribution in [0.5, 0.6) is 5.75 Å². The summed E-state index contributed by atoms with van der Waals surface area (Å²) in [4.78, 5) is 14.6. The first-order valence-corrected chi connectivity index (χ1v) is 10.8. The second-order valence-corrected chi connectivity index (χ2v) is 8.82. The van der Waals surface area contributed by atoms with Crippen LogP contribution in [0.1, 0.15) is 0 Å². The predicted octanol–water partition coefficient (Wildman–Crippen LogP) is 3.35. The van der Waals surface area contributed by atoms with Crippen molar-refractivity contribution in [2.75, 3.05) is 31.2 Å². The van der Waals surface area contributed by atoms with E-state index in [4.69, 9.17) is 4.74 Å². The summed E-state index contributed by atoms with van der Waals surface area (Å²) in [5.41, 5.74) is -0.103. The zero-order valence-electron chi connectivity index (χ0n) is 16.3. The van der Waals surface area contributed by atoms with E-state index in [-0.39, 0.29) is 42.6 Å². The molecule has 0 N–H and O–H groups in total. The molecule has 170 valence electrons. The van der Waals surface area contributed by atoms with Gasteiger partial charge >= 0.3 is 6.36 Å². The van der Waals surface area contributed by atoms with Crippen molar-refractivity contribution in [3.05, 3.63) is 59.4 Å². The minimum atomic E-state index is -4.94. The summed E-state index contributed by atoms with van der Waals surface area (Å²) < 4.78 is 87.3. The molecule has 4 rings (SSSR count). The number of hydrogen-bond acceptors (Lipinski definition) is 6. The first-order valence-electron chi connectivity index (χ1n) is 9.35. The molecule has 2 aliphatic rings. The molecule has 1 amide bonds. The van der Waals surface area contributed by atoms with Gasteiger partial charge < -0.3 is 19.3 Å². The van der Waals surface area contributed by atoms with Gasteiger partial charge in [-0.15, -0.1) is 13.2 Å². The molecule has 1 fully saturated rings. The average Bonchev–Trinajstić information content (AvgIpc) is 2.73. The Kier molecular flexibility index (Phi) is 5.59. The van der Waals surface area contributed by atoms with Crippen LogP contribution in [0.3, 0.4) is 0 Å². The molecule has 0 saturated carbocycles. The molecule has 0 unspecified atom stereocenters. The van der Waals surface area contributed by atoms with Gasteiger partial charge in [-0.25, -0.2) is 12.8 Å². The van der Waals surface area contributed by atoms with Crippen molar-refractivity contribution in [1.82, 2.24) is 4.90 Å². The standard InChI is InChI=1S/C20H16F4N2O5S/c21-13-4-5-17-16(10-13)26(14-2-1-3-15(11-14)31-20(22,23)24)12-18(32(17,28)29)19(27)25-6-8-30-9-7-25/h1-5,10-12H,6-9H2. The molecule has 0 spiro atoms. The van der Waals surface area contributed by atoms with E-state index in [1.54, 1.807) is 0 Å². The molecule has 0 atom stereocenters. The third kappa shape index (κ3) is 4.28. The van der Waals surface area contributed by atoms with Crippen LogP contribution < -0.4 is 9.64 Å². The maximum atomic E-state index is 14.0. The summed E-state index contributed by atoms with van der Waals surface area (Å²) in [6.45, 7) is 0.830. The fourth-order valence-corrected chi connectivity index (χ4v) is 4.94. The number of benzene rings is 2. The van der Waals surface area contributed by atoms with Gasteiger partial charge in [0.25, 0.3) is 5.91 Å². The number of hydrogen-bond donors (Lipinski definition) is 0. The molecular weight excluding hydrogens is 456 g/mol. The van der Waals surface area contributed by atoms with E-state index in [0.29, 0.717) is 0 Å². The van der Waals surface area contributed by atoms with Gasteiger partial charge in [-0.1, -0.05) is 6.07 Å². The van der Waals surface area contributed by atoms with Crippen LogP contribution in [0.15, 0.2) is 58.5 Å². The Morgan fingerprint density at radius 2 is 1.78 bits per heavy atom. The molecule has 32 heavy (non-hydrogen) atoms.